The van der Waals surface area contributed by atoms with E-state index in [4.69, 9.17) is 9.15 Å². The van der Waals surface area contributed by atoms with Crippen molar-refractivity contribution in [2.45, 2.75) is 50.3 Å². The topological polar surface area (TPSA) is 88.9 Å². The third kappa shape index (κ3) is 3.99. The van der Waals surface area contributed by atoms with Gasteiger partial charge in [-0.05, 0) is 61.6 Å². The van der Waals surface area contributed by atoms with Crippen LogP contribution in [0.4, 0.5) is 0 Å². The molecule has 0 radical (unpaired) electrons. The Balaban J connectivity index is 1.48. The predicted molar refractivity (Wildman–Crippen MR) is 102 cm³/mol. The highest BCUT2D eigenvalue weighted by molar-refractivity contribution is 7.89. The Labute approximate surface area is 164 Å². The number of nitrogens with zero attached hydrogens (tertiary/aromatic N) is 1. The summed E-state index contributed by atoms with van der Waals surface area (Å²) in [5, 5.41) is 0. The van der Waals surface area contributed by atoms with Gasteiger partial charge in [-0.2, -0.15) is 0 Å². The van der Waals surface area contributed by atoms with E-state index in [0.717, 1.165) is 29.7 Å². The number of nitrogens with one attached hydrogen (secondary N) is 1. The lowest BCUT2D eigenvalue weighted by Gasteiger charge is -2.30. The third-order valence-electron chi connectivity index (χ3n) is 5.25. The first-order chi connectivity index (χ1) is 13.4. The van der Waals surface area contributed by atoms with Crippen LogP contribution in [0.1, 0.15) is 35.5 Å². The van der Waals surface area contributed by atoms with E-state index in [0.29, 0.717) is 31.9 Å². The van der Waals surface area contributed by atoms with Crippen LogP contribution < -0.4 is 4.72 Å². The molecule has 0 saturated carbocycles. The molecule has 3 heterocycles. The predicted octanol–water partition coefficient (Wildman–Crippen LogP) is 2.13. The Morgan fingerprint density at radius 2 is 2.11 bits per heavy atom. The number of sulfonamides is 1. The molecule has 0 spiro atoms. The Hall–Kier alpha value is -2.16. The number of benzene rings is 1. The Kier molecular flexibility index (Phi) is 5.27. The molecule has 150 valence electrons. The molecule has 28 heavy (non-hydrogen) atoms. The normalized spacial score (nSPS) is 19.6. The van der Waals surface area contributed by atoms with Crippen LogP contribution in [0.5, 0.6) is 0 Å². The fourth-order valence-electron chi connectivity index (χ4n) is 3.69. The zero-order valence-electron chi connectivity index (χ0n) is 15.8. The molecule has 7 nitrogen and oxygen atoms in total. The second kappa shape index (κ2) is 7.69. The molecule has 0 bridgehead atoms. The number of hydrogen-bond acceptors (Lipinski definition) is 5. The molecule has 1 aromatic heterocycles. The van der Waals surface area contributed by atoms with Crippen LogP contribution in [0.3, 0.4) is 0 Å². The summed E-state index contributed by atoms with van der Waals surface area (Å²) in [6.07, 6.45) is 2.02. The number of aryl methyl sites for hydroxylation is 1. The quantitative estimate of drug-likeness (QED) is 0.825. The highest BCUT2D eigenvalue weighted by atomic mass is 32.2. The van der Waals surface area contributed by atoms with Gasteiger partial charge >= 0.3 is 0 Å². The third-order valence-corrected chi connectivity index (χ3v) is 6.65. The largest absolute Gasteiger partial charge is 0.465 e. The number of carbonyl (C=O) groups is 1. The molecular weight excluding hydrogens is 380 g/mol. The van der Waals surface area contributed by atoms with Crippen molar-refractivity contribution in [3.05, 3.63) is 53.0 Å². The molecule has 2 aromatic rings. The van der Waals surface area contributed by atoms with E-state index in [1.807, 2.05) is 13.0 Å². The van der Waals surface area contributed by atoms with E-state index in [9.17, 15) is 13.2 Å². The van der Waals surface area contributed by atoms with Crippen molar-refractivity contribution in [2.75, 3.05) is 13.2 Å². The maximum absolute atomic E-state index is 12.7. The molecule has 8 heteroatoms. The van der Waals surface area contributed by atoms with E-state index >= 15 is 0 Å². The first-order valence-electron chi connectivity index (χ1n) is 9.49. The van der Waals surface area contributed by atoms with Crippen molar-refractivity contribution in [1.29, 1.82) is 0 Å². The average molecular weight is 404 g/mol. The average Bonchev–Trinajstić information content (AvgIpc) is 3.37. The van der Waals surface area contributed by atoms with Gasteiger partial charge in [-0.1, -0.05) is 6.07 Å². The first kappa shape index (κ1) is 19.2. The molecule has 1 unspecified atom stereocenters. The van der Waals surface area contributed by atoms with E-state index in [1.54, 1.807) is 29.2 Å². The second-order valence-electron chi connectivity index (χ2n) is 7.28. The minimum atomic E-state index is -3.67. The Morgan fingerprint density at radius 1 is 1.25 bits per heavy atom. The van der Waals surface area contributed by atoms with Crippen molar-refractivity contribution < 1.29 is 22.4 Å². The molecule has 4 rings (SSSR count). The minimum absolute atomic E-state index is 0.00252. The first-order valence-corrected chi connectivity index (χ1v) is 11.0. The number of hydrogen-bond donors (Lipinski definition) is 1. The summed E-state index contributed by atoms with van der Waals surface area (Å²) in [7, 11) is -3.67. The fourth-order valence-corrected chi connectivity index (χ4v) is 4.74. The van der Waals surface area contributed by atoms with Crippen molar-refractivity contribution in [3.63, 3.8) is 0 Å². The van der Waals surface area contributed by atoms with Gasteiger partial charge in [0.15, 0.2) is 0 Å². The monoisotopic (exact) mass is 404 g/mol. The molecule has 1 amide bonds. The summed E-state index contributed by atoms with van der Waals surface area (Å²) in [4.78, 5) is 14.6. The number of amides is 1. The summed E-state index contributed by atoms with van der Waals surface area (Å²) >= 11 is 0. The molecule has 2 aliphatic heterocycles. The molecule has 1 atom stereocenters. The van der Waals surface area contributed by atoms with E-state index in [-0.39, 0.29) is 23.5 Å². The summed E-state index contributed by atoms with van der Waals surface area (Å²) in [5.74, 6) is 1.30. The van der Waals surface area contributed by atoms with Crippen molar-refractivity contribution in [3.8, 4) is 0 Å². The van der Waals surface area contributed by atoms with Crippen molar-refractivity contribution >= 4 is 15.9 Å². The van der Waals surface area contributed by atoms with Gasteiger partial charge in [0.1, 0.15) is 17.6 Å². The Bertz CT molecular complexity index is 976. The summed E-state index contributed by atoms with van der Waals surface area (Å²) in [6.45, 7) is 3.58. The van der Waals surface area contributed by atoms with Crippen molar-refractivity contribution in [1.82, 2.24) is 9.62 Å². The lowest BCUT2D eigenvalue weighted by molar-refractivity contribution is -0.141. The van der Waals surface area contributed by atoms with Crippen LogP contribution in [-0.2, 0) is 39.1 Å². The standard InChI is InChI=1S/C20H24N2O5S/c1-14-4-6-17(27-14)12-21-28(24,25)18-7-5-15-8-9-22(13-16(15)11-18)20(23)19-3-2-10-26-19/h4-7,11,19,21H,2-3,8-10,12-13H2,1H3. The number of fused-ring (bicyclic) bond motifs is 1. The highest BCUT2D eigenvalue weighted by Gasteiger charge is 2.30. The fraction of sp³-hybridized carbons (Fsp3) is 0.450. The van der Waals surface area contributed by atoms with Gasteiger partial charge in [-0.25, -0.2) is 13.1 Å². The number of carbonyl (C=O) groups excluding carboxylic acids is 1. The van der Waals surface area contributed by atoms with Gasteiger partial charge in [0.05, 0.1) is 11.4 Å². The minimum Gasteiger partial charge on any atom is -0.465 e. The van der Waals surface area contributed by atoms with Crippen LogP contribution in [0.25, 0.3) is 0 Å². The van der Waals surface area contributed by atoms with Gasteiger partial charge in [-0.3, -0.25) is 4.79 Å². The molecule has 1 fully saturated rings. The lowest BCUT2D eigenvalue weighted by atomic mass is 9.99. The Morgan fingerprint density at radius 3 is 2.82 bits per heavy atom. The SMILES string of the molecule is Cc1ccc(CNS(=O)(=O)c2ccc3c(c2)CN(C(=O)C2CCCO2)CC3)o1. The van der Waals surface area contributed by atoms with E-state index < -0.39 is 10.0 Å². The highest BCUT2D eigenvalue weighted by Crippen LogP contribution is 2.25. The van der Waals surface area contributed by atoms with Crippen LogP contribution in [-0.4, -0.2) is 38.5 Å². The molecule has 1 saturated heterocycles. The number of furan rings is 1. The molecule has 1 N–H and O–H groups in total. The smallest absolute Gasteiger partial charge is 0.252 e. The van der Waals surface area contributed by atoms with E-state index in [1.165, 1.54) is 0 Å². The van der Waals surface area contributed by atoms with Crippen LogP contribution in [0.2, 0.25) is 0 Å². The van der Waals surface area contributed by atoms with Crippen LogP contribution in [0.15, 0.2) is 39.6 Å². The molecule has 0 aliphatic carbocycles. The number of rotatable bonds is 5. The van der Waals surface area contributed by atoms with Crippen LogP contribution >= 0.6 is 0 Å². The van der Waals surface area contributed by atoms with Gasteiger partial charge in [0, 0.05) is 19.7 Å². The van der Waals surface area contributed by atoms with Gasteiger partial charge in [0.25, 0.3) is 5.91 Å². The second-order valence-corrected chi connectivity index (χ2v) is 9.05. The van der Waals surface area contributed by atoms with Gasteiger partial charge < -0.3 is 14.1 Å². The number of ether oxygens (including phenoxy) is 1. The summed E-state index contributed by atoms with van der Waals surface area (Å²) in [5.41, 5.74) is 1.95. The maximum atomic E-state index is 12.7. The maximum Gasteiger partial charge on any atom is 0.252 e. The van der Waals surface area contributed by atoms with Crippen LogP contribution in [0, 0.1) is 6.92 Å². The molecule has 1 aromatic carbocycles. The molecule has 2 aliphatic rings. The summed E-state index contributed by atoms with van der Waals surface area (Å²) < 4.78 is 38.8. The van der Waals surface area contributed by atoms with Gasteiger partial charge in [0.2, 0.25) is 10.0 Å². The van der Waals surface area contributed by atoms with E-state index in [2.05, 4.69) is 4.72 Å². The lowest BCUT2D eigenvalue weighted by Crippen LogP contribution is -2.42. The summed E-state index contributed by atoms with van der Waals surface area (Å²) in [6, 6.07) is 8.67. The zero-order valence-corrected chi connectivity index (χ0v) is 16.6. The van der Waals surface area contributed by atoms with Gasteiger partial charge in [-0.15, -0.1) is 0 Å². The molecular formula is C20H24N2O5S. The van der Waals surface area contributed by atoms with Crippen molar-refractivity contribution in [2.24, 2.45) is 0 Å². The zero-order chi connectivity index (χ0) is 19.7.